The number of methoxy groups -OCH3 is 1. The van der Waals surface area contributed by atoms with Gasteiger partial charge in [0.1, 0.15) is 6.04 Å². The third-order valence-corrected chi connectivity index (χ3v) is 6.45. The number of rotatable bonds is 18. The van der Waals surface area contributed by atoms with Gasteiger partial charge in [-0.3, -0.25) is 9.59 Å². The van der Waals surface area contributed by atoms with E-state index in [2.05, 4.69) is 24.1 Å². The molecule has 0 fully saturated rings. The summed E-state index contributed by atoms with van der Waals surface area (Å²) >= 11 is 0. The summed E-state index contributed by atoms with van der Waals surface area (Å²) in [7, 11) is 1.39. The van der Waals surface area contributed by atoms with E-state index < -0.39 is 23.9 Å². The van der Waals surface area contributed by atoms with E-state index in [1.54, 1.807) is 30.4 Å². The summed E-state index contributed by atoms with van der Waals surface area (Å²) in [6.45, 7) is 9.63. The average Bonchev–Trinajstić information content (AvgIpc) is 2.99. The van der Waals surface area contributed by atoms with Crippen molar-refractivity contribution in [1.82, 2.24) is 5.32 Å². The molecule has 0 bridgehead atoms. The molecule has 1 atom stereocenters. The molecular formula is C34H42N2O8. The molecule has 3 N–H and O–H groups in total. The van der Waals surface area contributed by atoms with Crippen molar-refractivity contribution in [3.05, 3.63) is 89.7 Å². The molecule has 2 amide bonds. The maximum absolute atomic E-state index is 12.8. The number of benzene rings is 2. The van der Waals surface area contributed by atoms with E-state index in [0.717, 1.165) is 12.8 Å². The van der Waals surface area contributed by atoms with E-state index in [4.69, 9.17) is 14.2 Å². The number of carboxylic acid groups (broad SMARTS) is 1. The fourth-order valence-corrected chi connectivity index (χ4v) is 4.11. The second-order valence-corrected chi connectivity index (χ2v) is 10.1. The van der Waals surface area contributed by atoms with Crippen molar-refractivity contribution in [1.29, 1.82) is 0 Å². The van der Waals surface area contributed by atoms with Crippen LogP contribution in [-0.2, 0) is 25.5 Å². The Kier molecular flexibility index (Phi) is 15.0. The predicted molar refractivity (Wildman–Crippen MR) is 169 cm³/mol. The number of hydrogen-bond acceptors (Lipinski definition) is 7. The van der Waals surface area contributed by atoms with Gasteiger partial charge in [0.25, 0.3) is 5.91 Å². The molecule has 0 radical (unpaired) electrons. The van der Waals surface area contributed by atoms with Crippen LogP contribution in [0.25, 0.3) is 0 Å². The third kappa shape index (κ3) is 12.2. The minimum Gasteiger partial charge on any atom is -0.498 e. The first-order chi connectivity index (χ1) is 21.1. The lowest BCUT2D eigenvalue weighted by molar-refractivity contribution is -0.139. The molecule has 0 spiro atoms. The molecular weight excluding hydrogens is 564 g/mol. The highest BCUT2D eigenvalue weighted by Crippen LogP contribution is 2.29. The number of carbonyl (C=O) groups is 4. The summed E-state index contributed by atoms with van der Waals surface area (Å²) in [4.78, 5) is 48.9. The molecule has 0 aliphatic heterocycles. The van der Waals surface area contributed by atoms with E-state index in [9.17, 15) is 24.3 Å². The highest BCUT2D eigenvalue weighted by Gasteiger charge is 2.23. The van der Waals surface area contributed by atoms with Gasteiger partial charge in [0.2, 0.25) is 5.91 Å². The number of carboxylic acids is 1. The summed E-state index contributed by atoms with van der Waals surface area (Å²) < 4.78 is 16.6. The van der Waals surface area contributed by atoms with Crippen LogP contribution in [0.3, 0.4) is 0 Å². The van der Waals surface area contributed by atoms with Crippen LogP contribution in [0, 0.1) is 0 Å². The van der Waals surface area contributed by atoms with Crippen LogP contribution in [0.2, 0.25) is 0 Å². The molecule has 2 aromatic rings. The zero-order valence-electron chi connectivity index (χ0n) is 25.8. The van der Waals surface area contributed by atoms with E-state index in [1.165, 1.54) is 63.6 Å². The molecule has 10 heteroatoms. The number of nitrogens with one attached hydrogen (secondary N) is 2. The van der Waals surface area contributed by atoms with Gasteiger partial charge in [-0.2, -0.15) is 0 Å². The average molecular weight is 607 g/mol. The maximum Gasteiger partial charge on any atom is 0.343 e. The van der Waals surface area contributed by atoms with Crippen LogP contribution < -0.4 is 20.1 Å². The van der Waals surface area contributed by atoms with Gasteiger partial charge in [-0.15, -0.1) is 0 Å². The lowest BCUT2D eigenvalue weighted by atomic mass is 10.0. The van der Waals surface area contributed by atoms with Gasteiger partial charge in [0.05, 0.1) is 25.0 Å². The van der Waals surface area contributed by atoms with Crippen LogP contribution in [0.4, 0.5) is 5.69 Å². The molecule has 0 saturated carbocycles. The molecule has 0 aliphatic rings. The van der Waals surface area contributed by atoms with Crippen LogP contribution >= 0.6 is 0 Å². The topological polar surface area (TPSA) is 140 Å². The zero-order valence-corrected chi connectivity index (χ0v) is 25.8. The zero-order chi connectivity index (χ0) is 32.5. The fraction of sp³-hybridized carbons (Fsp3) is 0.353. The molecule has 2 rings (SSSR count). The van der Waals surface area contributed by atoms with Crippen LogP contribution in [0.5, 0.6) is 11.5 Å². The second-order valence-electron chi connectivity index (χ2n) is 10.1. The maximum atomic E-state index is 12.8. The van der Waals surface area contributed by atoms with Crippen LogP contribution in [0.1, 0.15) is 68.8 Å². The molecule has 0 aliphatic carbocycles. The summed E-state index contributed by atoms with van der Waals surface area (Å²) in [5.74, 6) is -1.82. The number of allylic oxidation sites excluding steroid dienone is 3. The van der Waals surface area contributed by atoms with Gasteiger partial charge in [-0.25, -0.2) is 9.59 Å². The number of amides is 2. The predicted octanol–water partition coefficient (Wildman–Crippen LogP) is 5.99. The minimum absolute atomic E-state index is 0.0719. The molecule has 10 nitrogen and oxygen atoms in total. The van der Waals surface area contributed by atoms with Crippen LogP contribution in [0.15, 0.2) is 78.6 Å². The number of hydrogen-bond donors (Lipinski definition) is 3. The number of carbonyl (C=O) groups excluding carboxylic acids is 3. The van der Waals surface area contributed by atoms with Gasteiger partial charge < -0.3 is 30.0 Å². The molecule has 0 aromatic heterocycles. The largest absolute Gasteiger partial charge is 0.498 e. The normalized spacial score (nSPS) is 12.1. The quantitative estimate of drug-likeness (QED) is 0.0470. The molecule has 0 saturated heterocycles. The van der Waals surface area contributed by atoms with E-state index in [1.807, 2.05) is 6.92 Å². The van der Waals surface area contributed by atoms with Crippen molar-refractivity contribution in [2.75, 3.05) is 19.0 Å². The summed E-state index contributed by atoms with van der Waals surface area (Å²) in [6, 6.07) is 9.50. The Labute approximate surface area is 258 Å². The Morgan fingerprint density at radius 3 is 2.39 bits per heavy atom. The van der Waals surface area contributed by atoms with Crippen molar-refractivity contribution in [3.8, 4) is 11.5 Å². The van der Waals surface area contributed by atoms with Gasteiger partial charge >= 0.3 is 11.9 Å². The van der Waals surface area contributed by atoms with E-state index in [-0.39, 0.29) is 35.0 Å². The van der Waals surface area contributed by atoms with Crippen molar-refractivity contribution in [2.45, 2.75) is 65.3 Å². The molecule has 236 valence electrons. The number of aliphatic carboxylic acids is 1. The smallest absolute Gasteiger partial charge is 0.343 e. The summed E-state index contributed by atoms with van der Waals surface area (Å²) in [6.07, 6.45) is 10.2. The number of unbranched alkanes of at least 4 members (excludes halogenated alkanes) is 4. The van der Waals surface area contributed by atoms with Gasteiger partial charge in [-0.05, 0) is 61.4 Å². The Balaban J connectivity index is 2.07. The van der Waals surface area contributed by atoms with Gasteiger partial charge in [0.15, 0.2) is 11.5 Å². The lowest BCUT2D eigenvalue weighted by Gasteiger charge is -2.16. The first-order valence-electron chi connectivity index (χ1n) is 14.5. The molecule has 44 heavy (non-hydrogen) atoms. The summed E-state index contributed by atoms with van der Waals surface area (Å²) in [5.41, 5.74) is 1.32. The third-order valence-electron chi connectivity index (χ3n) is 6.45. The molecule has 2 aromatic carbocycles. The van der Waals surface area contributed by atoms with E-state index in [0.29, 0.717) is 23.6 Å². The molecule has 1 unspecified atom stereocenters. The Morgan fingerprint density at radius 2 is 1.73 bits per heavy atom. The van der Waals surface area contributed by atoms with Crippen LogP contribution in [-0.4, -0.2) is 48.6 Å². The van der Waals surface area contributed by atoms with Crippen molar-refractivity contribution in [2.24, 2.45) is 0 Å². The fourth-order valence-electron chi connectivity index (χ4n) is 4.11. The number of ether oxygens (including phenoxy) is 3. The van der Waals surface area contributed by atoms with Gasteiger partial charge in [0, 0.05) is 24.6 Å². The van der Waals surface area contributed by atoms with Crippen molar-refractivity contribution >= 4 is 29.4 Å². The Morgan fingerprint density at radius 1 is 0.977 bits per heavy atom. The highest BCUT2D eigenvalue weighted by molar-refractivity contribution is 5.98. The minimum atomic E-state index is -1.27. The first kappa shape index (κ1) is 35.3. The Hall–Kier alpha value is -4.86. The number of esters is 1. The van der Waals surface area contributed by atoms with Gasteiger partial charge in [-0.1, -0.05) is 57.4 Å². The summed E-state index contributed by atoms with van der Waals surface area (Å²) in [5, 5.41) is 14.9. The lowest BCUT2D eigenvalue weighted by Crippen LogP contribution is -2.42. The molecule has 0 heterocycles. The monoisotopic (exact) mass is 606 g/mol. The Bertz CT molecular complexity index is 1380. The SMILES string of the molecule is C=CC(=CC=C(C)OCCCCCCC)C(=O)Oc1ccc(CC(NC(=O)c2cccc(NC(C)=O)c2)C(=O)O)cc1OC. The van der Waals surface area contributed by atoms with Crippen molar-refractivity contribution < 1.29 is 38.5 Å². The second kappa shape index (κ2) is 18.6. The first-order valence-corrected chi connectivity index (χ1v) is 14.5. The standard InChI is InChI=1S/C34H42N2O8/c1-6-8-9-10-11-19-43-23(3)15-17-26(7-2)34(41)44-30-18-16-25(21-31(30)42-5)20-29(33(39)40)36-32(38)27-13-12-14-28(22-27)35-24(4)37/h7,12-18,21-22,29H,2,6,8-11,19-20H2,1,3-5H3,(H,35,37)(H,36,38)(H,39,40). The number of anilines is 1. The van der Waals surface area contributed by atoms with Crippen molar-refractivity contribution in [3.63, 3.8) is 0 Å². The highest BCUT2D eigenvalue weighted by atomic mass is 16.6. The van der Waals surface area contributed by atoms with E-state index >= 15 is 0 Å².